The Morgan fingerprint density at radius 1 is 1.40 bits per heavy atom. The summed E-state index contributed by atoms with van der Waals surface area (Å²) in [5, 5.41) is 0. The van der Waals surface area contributed by atoms with Crippen LogP contribution in [0.1, 0.15) is 11.6 Å². The number of methoxy groups -OCH3 is 1. The van der Waals surface area contributed by atoms with E-state index >= 15 is 0 Å². The van der Waals surface area contributed by atoms with E-state index in [9.17, 15) is 13.2 Å². The molecule has 1 atom stereocenters. The Morgan fingerprint density at radius 3 is 2.47 bits per heavy atom. The first-order valence-corrected chi connectivity index (χ1v) is 4.82. The summed E-state index contributed by atoms with van der Waals surface area (Å²) in [7, 11) is 1.38. The Hall–Kier alpha value is -0.750. The molecule has 1 unspecified atom stereocenters. The van der Waals surface area contributed by atoms with Crippen molar-refractivity contribution in [3.8, 4) is 5.75 Å². The predicted octanol–water partition coefficient (Wildman–Crippen LogP) is 3.02. The molecule has 0 aliphatic rings. The molecule has 0 aliphatic carbocycles. The summed E-state index contributed by atoms with van der Waals surface area (Å²) in [6.45, 7) is 0. The molecule has 6 heteroatoms. The number of nitrogens with two attached hydrogens (primary N) is 1. The van der Waals surface area contributed by atoms with Crippen LogP contribution in [0.3, 0.4) is 0 Å². The Bertz CT molecular complexity index is 354. The van der Waals surface area contributed by atoms with Gasteiger partial charge in [-0.05, 0) is 27.6 Å². The lowest BCUT2D eigenvalue weighted by atomic mass is 10.1. The van der Waals surface area contributed by atoms with Gasteiger partial charge in [0, 0.05) is 0 Å². The second-order valence-corrected chi connectivity index (χ2v) is 3.68. The maximum Gasteiger partial charge on any atom is 0.407 e. The van der Waals surface area contributed by atoms with Crippen LogP contribution in [0.4, 0.5) is 13.2 Å². The van der Waals surface area contributed by atoms with Gasteiger partial charge in [0.1, 0.15) is 11.8 Å². The second-order valence-electron chi connectivity index (χ2n) is 2.88. The molecule has 0 saturated carbocycles. The summed E-state index contributed by atoms with van der Waals surface area (Å²) in [5.41, 5.74) is 5.05. The SMILES string of the molecule is COc1cccc(C(N)C(F)(F)F)c1Br. The van der Waals surface area contributed by atoms with Crippen LogP contribution in [0, 0.1) is 0 Å². The van der Waals surface area contributed by atoms with E-state index in [4.69, 9.17) is 10.5 Å². The zero-order valence-electron chi connectivity index (χ0n) is 7.81. The normalized spacial score (nSPS) is 13.7. The van der Waals surface area contributed by atoms with Gasteiger partial charge in [-0.15, -0.1) is 0 Å². The van der Waals surface area contributed by atoms with Gasteiger partial charge in [0.2, 0.25) is 0 Å². The number of alkyl halides is 3. The third-order valence-electron chi connectivity index (χ3n) is 1.90. The lowest BCUT2D eigenvalue weighted by Crippen LogP contribution is -2.28. The molecule has 0 amide bonds. The van der Waals surface area contributed by atoms with Crippen molar-refractivity contribution in [3.05, 3.63) is 28.2 Å². The van der Waals surface area contributed by atoms with Crippen LogP contribution < -0.4 is 10.5 Å². The first-order chi connectivity index (χ1) is 6.88. The number of hydrogen-bond acceptors (Lipinski definition) is 2. The first kappa shape index (κ1) is 12.3. The molecular weight excluding hydrogens is 275 g/mol. The van der Waals surface area contributed by atoms with Crippen molar-refractivity contribution in [3.63, 3.8) is 0 Å². The van der Waals surface area contributed by atoms with Crippen molar-refractivity contribution >= 4 is 15.9 Å². The molecule has 1 aromatic carbocycles. The van der Waals surface area contributed by atoms with Crippen LogP contribution in [0.5, 0.6) is 5.75 Å². The molecule has 0 heterocycles. The highest BCUT2D eigenvalue weighted by molar-refractivity contribution is 9.10. The molecule has 2 nitrogen and oxygen atoms in total. The van der Waals surface area contributed by atoms with Crippen molar-refractivity contribution in [1.29, 1.82) is 0 Å². The maximum atomic E-state index is 12.4. The maximum absolute atomic E-state index is 12.4. The van der Waals surface area contributed by atoms with E-state index in [0.717, 1.165) is 0 Å². The van der Waals surface area contributed by atoms with Crippen molar-refractivity contribution in [1.82, 2.24) is 0 Å². The molecule has 0 spiro atoms. The van der Waals surface area contributed by atoms with Crippen molar-refractivity contribution in [2.75, 3.05) is 7.11 Å². The predicted molar refractivity (Wildman–Crippen MR) is 53.7 cm³/mol. The smallest absolute Gasteiger partial charge is 0.407 e. The van der Waals surface area contributed by atoms with E-state index in [1.807, 2.05) is 0 Å². The fraction of sp³-hybridized carbons (Fsp3) is 0.333. The van der Waals surface area contributed by atoms with Gasteiger partial charge in [0.25, 0.3) is 0 Å². The highest BCUT2D eigenvalue weighted by atomic mass is 79.9. The van der Waals surface area contributed by atoms with Gasteiger partial charge in [-0.2, -0.15) is 13.2 Å². The first-order valence-electron chi connectivity index (χ1n) is 4.02. The van der Waals surface area contributed by atoms with Gasteiger partial charge in [0.05, 0.1) is 11.6 Å². The summed E-state index contributed by atoms with van der Waals surface area (Å²) in [4.78, 5) is 0. The fourth-order valence-corrected chi connectivity index (χ4v) is 1.77. The minimum absolute atomic E-state index is 0.0400. The standard InChI is InChI=1S/C9H9BrF3NO/c1-15-6-4-2-3-5(7(6)10)8(14)9(11,12)13/h2-4,8H,14H2,1H3. The molecule has 0 saturated heterocycles. The Balaban J connectivity index is 3.15. The minimum atomic E-state index is -4.46. The van der Waals surface area contributed by atoms with Crippen molar-refractivity contribution in [2.45, 2.75) is 12.2 Å². The molecule has 84 valence electrons. The largest absolute Gasteiger partial charge is 0.496 e. The lowest BCUT2D eigenvalue weighted by Gasteiger charge is -2.18. The van der Waals surface area contributed by atoms with Gasteiger partial charge >= 0.3 is 6.18 Å². The Kier molecular flexibility index (Phi) is 3.62. The number of benzene rings is 1. The van der Waals surface area contributed by atoms with Crippen LogP contribution in [-0.4, -0.2) is 13.3 Å². The summed E-state index contributed by atoms with van der Waals surface area (Å²) in [5.74, 6) is 0.326. The van der Waals surface area contributed by atoms with Crippen LogP contribution in [0.25, 0.3) is 0 Å². The molecule has 0 bridgehead atoms. The highest BCUT2D eigenvalue weighted by Crippen LogP contribution is 2.38. The van der Waals surface area contributed by atoms with E-state index in [-0.39, 0.29) is 10.0 Å². The van der Waals surface area contributed by atoms with E-state index in [1.165, 1.54) is 19.2 Å². The molecule has 1 rings (SSSR count). The number of ether oxygens (including phenoxy) is 1. The van der Waals surface area contributed by atoms with Gasteiger partial charge < -0.3 is 10.5 Å². The summed E-state index contributed by atoms with van der Waals surface area (Å²) < 4.78 is 42.2. The Labute approximate surface area is 93.3 Å². The Morgan fingerprint density at radius 2 is 2.00 bits per heavy atom. The van der Waals surface area contributed by atoms with Gasteiger partial charge in [-0.3, -0.25) is 0 Å². The van der Waals surface area contributed by atoms with Gasteiger partial charge in [-0.1, -0.05) is 12.1 Å². The average Bonchev–Trinajstić information content (AvgIpc) is 2.16. The highest BCUT2D eigenvalue weighted by Gasteiger charge is 2.39. The molecule has 0 fully saturated rings. The van der Waals surface area contributed by atoms with E-state index in [2.05, 4.69) is 15.9 Å². The molecule has 2 N–H and O–H groups in total. The van der Waals surface area contributed by atoms with Crippen molar-refractivity contribution < 1.29 is 17.9 Å². The van der Waals surface area contributed by atoms with Gasteiger partial charge in [0.15, 0.2) is 0 Å². The fourth-order valence-electron chi connectivity index (χ4n) is 1.10. The summed E-state index contributed by atoms with van der Waals surface area (Å²) >= 11 is 3.03. The minimum Gasteiger partial charge on any atom is -0.496 e. The van der Waals surface area contributed by atoms with Crippen LogP contribution in [0.15, 0.2) is 22.7 Å². The summed E-state index contributed by atoms with van der Waals surface area (Å²) in [6, 6.07) is 2.31. The number of hydrogen-bond donors (Lipinski definition) is 1. The topological polar surface area (TPSA) is 35.2 Å². The molecule has 0 aliphatic heterocycles. The van der Waals surface area contributed by atoms with E-state index in [1.54, 1.807) is 6.07 Å². The lowest BCUT2D eigenvalue weighted by molar-refractivity contribution is -0.149. The summed E-state index contributed by atoms with van der Waals surface area (Å²) in [6.07, 6.45) is -4.46. The van der Waals surface area contributed by atoms with Crippen LogP contribution in [-0.2, 0) is 0 Å². The number of rotatable bonds is 2. The number of halogens is 4. The van der Waals surface area contributed by atoms with Crippen molar-refractivity contribution in [2.24, 2.45) is 5.73 Å². The van der Waals surface area contributed by atoms with Crippen LogP contribution >= 0.6 is 15.9 Å². The third kappa shape index (κ3) is 2.63. The molecule has 1 aromatic rings. The monoisotopic (exact) mass is 283 g/mol. The van der Waals surface area contributed by atoms with E-state index < -0.39 is 12.2 Å². The van der Waals surface area contributed by atoms with Gasteiger partial charge in [-0.25, -0.2) is 0 Å². The second kappa shape index (κ2) is 4.40. The third-order valence-corrected chi connectivity index (χ3v) is 2.75. The molecule has 0 aromatic heterocycles. The van der Waals surface area contributed by atoms with Crippen LogP contribution in [0.2, 0.25) is 0 Å². The van der Waals surface area contributed by atoms with E-state index in [0.29, 0.717) is 5.75 Å². The quantitative estimate of drug-likeness (QED) is 0.906. The molecule has 15 heavy (non-hydrogen) atoms. The zero-order valence-corrected chi connectivity index (χ0v) is 9.39. The zero-order chi connectivity index (χ0) is 11.6. The molecule has 0 radical (unpaired) electrons. The average molecular weight is 284 g/mol. The molecular formula is C9H9BrF3NO.